The van der Waals surface area contributed by atoms with E-state index in [-0.39, 0.29) is 5.69 Å². The largest absolute Gasteiger partial charge is 0.368 e. The molecule has 0 amide bonds. The fourth-order valence-corrected chi connectivity index (χ4v) is 1.37. The number of rotatable bonds is 6. The average Bonchev–Trinajstić information content (AvgIpc) is 2.45. The molecule has 0 unspecified atom stereocenters. The summed E-state index contributed by atoms with van der Waals surface area (Å²) in [5, 5.41) is 16.6. The number of hydrogen-bond donors (Lipinski definition) is 2. The molecule has 19 heavy (non-hydrogen) atoms. The van der Waals surface area contributed by atoms with Crippen molar-refractivity contribution in [2.75, 3.05) is 23.7 Å². The van der Waals surface area contributed by atoms with Gasteiger partial charge in [0.25, 0.3) is 5.69 Å². The number of anilines is 2. The van der Waals surface area contributed by atoms with E-state index in [1.54, 1.807) is 24.7 Å². The zero-order valence-corrected chi connectivity index (χ0v) is 9.98. The fraction of sp³-hybridized carbons (Fsp3) is 0.182. The van der Waals surface area contributed by atoms with Crippen LogP contribution in [0.4, 0.5) is 17.3 Å². The van der Waals surface area contributed by atoms with E-state index < -0.39 is 4.92 Å². The topological polar surface area (TPSA) is 106 Å². The molecule has 0 aliphatic heterocycles. The lowest BCUT2D eigenvalue weighted by molar-refractivity contribution is -0.385. The molecule has 0 aliphatic rings. The van der Waals surface area contributed by atoms with Gasteiger partial charge in [0.05, 0.1) is 11.1 Å². The maximum Gasteiger partial charge on any atom is 0.287 e. The highest BCUT2D eigenvalue weighted by Gasteiger charge is 2.04. The normalized spacial score (nSPS) is 9.89. The van der Waals surface area contributed by atoms with Crippen molar-refractivity contribution in [1.29, 1.82) is 0 Å². The molecule has 2 heterocycles. The summed E-state index contributed by atoms with van der Waals surface area (Å²) in [5.41, 5.74) is -0.0248. The van der Waals surface area contributed by atoms with Crippen molar-refractivity contribution in [3.63, 3.8) is 0 Å². The van der Waals surface area contributed by atoms with E-state index >= 15 is 0 Å². The summed E-state index contributed by atoms with van der Waals surface area (Å²) in [6, 6.07) is 2.98. The van der Waals surface area contributed by atoms with Crippen LogP contribution < -0.4 is 10.6 Å². The summed E-state index contributed by atoms with van der Waals surface area (Å²) < 4.78 is 0. The minimum Gasteiger partial charge on any atom is -0.368 e. The van der Waals surface area contributed by atoms with Crippen LogP contribution in [0, 0.1) is 10.1 Å². The maximum absolute atomic E-state index is 10.5. The van der Waals surface area contributed by atoms with Crippen LogP contribution in [0.2, 0.25) is 0 Å². The molecule has 0 radical (unpaired) electrons. The summed E-state index contributed by atoms with van der Waals surface area (Å²) in [6.45, 7) is 1.25. The molecule has 0 aromatic carbocycles. The lowest BCUT2D eigenvalue weighted by Crippen LogP contribution is -2.14. The third-order valence-electron chi connectivity index (χ3n) is 2.26. The van der Waals surface area contributed by atoms with Crippen molar-refractivity contribution in [3.05, 3.63) is 47.0 Å². The molecule has 0 saturated heterocycles. The Morgan fingerprint density at radius 2 is 1.84 bits per heavy atom. The van der Waals surface area contributed by atoms with Crippen LogP contribution in [0.3, 0.4) is 0 Å². The average molecular weight is 260 g/mol. The second kappa shape index (κ2) is 6.24. The van der Waals surface area contributed by atoms with Gasteiger partial charge in [0.2, 0.25) is 0 Å². The van der Waals surface area contributed by atoms with Gasteiger partial charge in [-0.1, -0.05) is 0 Å². The Kier molecular flexibility index (Phi) is 4.17. The highest BCUT2D eigenvalue weighted by Crippen LogP contribution is 2.11. The van der Waals surface area contributed by atoms with Gasteiger partial charge in [0, 0.05) is 31.5 Å². The van der Waals surface area contributed by atoms with E-state index in [0.717, 1.165) is 0 Å². The molecule has 0 spiro atoms. The first-order valence-electron chi connectivity index (χ1n) is 5.60. The Balaban J connectivity index is 1.75. The molecule has 98 valence electrons. The van der Waals surface area contributed by atoms with Crippen LogP contribution in [-0.4, -0.2) is 33.0 Å². The van der Waals surface area contributed by atoms with Crippen molar-refractivity contribution in [2.24, 2.45) is 0 Å². The summed E-state index contributed by atoms with van der Waals surface area (Å²) in [4.78, 5) is 21.9. The van der Waals surface area contributed by atoms with Crippen LogP contribution in [0.1, 0.15) is 0 Å². The summed E-state index contributed by atoms with van der Waals surface area (Å²) in [5.74, 6) is 1.28. The molecule has 0 saturated carbocycles. The highest BCUT2D eigenvalue weighted by atomic mass is 16.6. The monoisotopic (exact) mass is 260 g/mol. The molecule has 0 aliphatic carbocycles. The van der Waals surface area contributed by atoms with Gasteiger partial charge in [0.1, 0.15) is 17.8 Å². The zero-order chi connectivity index (χ0) is 13.5. The quantitative estimate of drug-likeness (QED) is 0.458. The van der Waals surface area contributed by atoms with E-state index in [4.69, 9.17) is 0 Å². The van der Waals surface area contributed by atoms with Crippen molar-refractivity contribution in [3.8, 4) is 0 Å². The molecular weight excluding hydrogens is 248 g/mol. The van der Waals surface area contributed by atoms with Gasteiger partial charge >= 0.3 is 0 Å². The van der Waals surface area contributed by atoms with E-state index in [0.29, 0.717) is 24.7 Å². The summed E-state index contributed by atoms with van der Waals surface area (Å²) in [6.07, 6.45) is 6.06. The molecule has 2 N–H and O–H groups in total. The zero-order valence-electron chi connectivity index (χ0n) is 9.98. The first-order valence-corrected chi connectivity index (χ1v) is 5.60. The maximum atomic E-state index is 10.5. The van der Waals surface area contributed by atoms with Gasteiger partial charge in [0.15, 0.2) is 0 Å². The predicted molar refractivity (Wildman–Crippen MR) is 69.9 cm³/mol. The Labute approximate surface area is 109 Å². The molecule has 0 bridgehead atoms. The van der Waals surface area contributed by atoms with E-state index in [2.05, 4.69) is 25.6 Å². The number of nitrogens with one attached hydrogen (secondary N) is 2. The van der Waals surface area contributed by atoms with Gasteiger partial charge in [-0.3, -0.25) is 15.1 Å². The molecular formula is C11H12N6O2. The minimum absolute atomic E-state index is 0.0248. The van der Waals surface area contributed by atoms with Crippen molar-refractivity contribution in [2.45, 2.75) is 0 Å². The Morgan fingerprint density at radius 3 is 2.42 bits per heavy atom. The van der Waals surface area contributed by atoms with Crippen LogP contribution in [0.25, 0.3) is 0 Å². The number of nitro groups is 1. The van der Waals surface area contributed by atoms with Crippen molar-refractivity contribution in [1.82, 2.24) is 15.0 Å². The van der Waals surface area contributed by atoms with Crippen molar-refractivity contribution < 1.29 is 4.92 Å². The Morgan fingerprint density at radius 1 is 1.05 bits per heavy atom. The van der Waals surface area contributed by atoms with Crippen LogP contribution >= 0.6 is 0 Å². The van der Waals surface area contributed by atoms with Crippen molar-refractivity contribution >= 4 is 17.3 Å². The minimum atomic E-state index is -0.480. The highest BCUT2D eigenvalue weighted by molar-refractivity contribution is 5.40. The first-order chi connectivity index (χ1) is 9.25. The lowest BCUT2D eigenvalue weighted by atomic mass is 10.4. The number of hydrogen-bond acceptors (Lipinski definition) is 7. The van der Waals surface area contributed by atoms with Crippen LogP contribution in [0.15, 0.2) is 36.9 Å². The Bertz CT molecular complexity index is 531. The van der Waals surface area contributed by atoms with Crippen LogP contribution in [0.5, 0.6) is 0 Å². The molecule has 0 fully saturated rings. The predicted octanol–water partition coefficient (Wildman–Crippen LogP) is 1.30. The SMILES string of the molecule is O=[N+]([O-])c1ccc(NCCNc2cnccn2)nc1. The molecule has 0 atom stereocenters. The van der Waals surface area contributed by atoms with Gasteiger partial charge in [-0.2, -0.15) is 0 Å². The third kappa shape index (κ3) is 3.87. The number of aromatic nitrogens is 3. The number of nitrogens with zero attached hydrogens (tertiary/aromatic N) is 4. The van der Waals surface area contributed by atoms with Gasteiger partial charge in [-0.25, -0.2) is 9.97 Å². The van der Waals surface area contributed by atoms with Gasteiger partial charge in [-0.05, 0) is 6.07 Å². The standard InChI is InChI=1S/C11H12N6O2/c18-17(19)9-1-2-10(16-7-9)13-5-6-15-11-8-12-3-4-14-11/h1-4,7-8H,5-6H2,(H,13,16)(H,14,15). The van der Waals surface area contributed by atoms with E-state index in [1.807, 2.05) is 0 Å². The smallest absolute Gasteiger partial charge is 0.287 e. The lowest BCUT2D eigenvalue weighted by Gasteiger charge is -2.06. The second-order valence-electron chi connectivity index (χ2n) is 3.60. The van der Waals surface area contributed by atoms with Gasteiger partial charge in [-0.15, -0.1) is 0 Å². The molecule has 2 rings (SSSR count). The second-order valence-corrected chi connectivity index (χ2v) is 3.60. The van der Waals surface area contributed by atoms with Crippen LogP contribution in [-0.2, 0) is 0 Å². The summed E-state index contributed by atoms with van der Waals surface area (Å²) in [7, 11) is 0. The third-order valence-corrected chi connectivity index (χ3v) is 2.26. The molecule has 8 heteroatoms. The molecule has 8 nitrogen and oxygen atoms in total. The number of pyridine rings is 1. The van der Waals surface area contributed by atoms with E-state index in [9.17, 15) is 10.1 Å². The molecule has 2 aromatic heterocycles. The van der Waals surface area contributed by atoms with Gasteiger partial charge < -0.3 is 10.6 Å². The first kappa shape index (κ1) is 12.7. The van der Waals surface area contributed by atoms with E-state index in [1.165, 1.54) is 12.3 Å². The summed E-state index contributed by atoms with van der Waals surface area (Å²) >= 11 is 0. The Hall–Kier alpha value is -2.77. The molecule has 2 aromatic rings. The fourth-order valence-electron chi connectivity index (χ4n) is 1.37.